The predicted octanol–water partition coefficient (Wildman–Crippen LogP) is 2.00. The molecule has 2 heteroatoms. The highest BCUT2D eigenvalue weighted by molar-refractivity contribution is 4.90. The summed E-state index contributed by atoms with van der Waals surface area (Å²) in [4.78, 5) is 7.23. The van der Waals surface area contributed by atoms with Gasteiger partial charge in [-0.15, -0.1) is 0 Å². The molecule has 0 aromatic carbocycles. The molecule has 0 fully saturated rings. The van der Waals surface area contributed by atoms with Gasteiger partial charge in [-0.2, -0.15) is 0 Å². The topological polar surface area (TPSA) is 28.7 Å². The van der Waals surface area contributed by atoms with Gasteiger partial charge in [-0.25, -0.2) is 4.98 Å². The van der Waals surface area contributed by atoms with Crippen molar-refractivity contribution in [3.8, 4) is 0 Å². The Morgan fingerprint density at radius 3 is 2.60 bits per heavy atom. The summed E-state index contributed by atoms with van der Waals surface area (Å²) in [6.07, 6.45) is 4.67. The number of aromatic amines is 1. The van der Waals surface area contributed by atoms with Crippen LogP contribution in [0.4, 0.5) is 0 Å². The molecule has 10 heavy (non-hydrogen) atoms. The van der Waals surface area contributed by atoms with Crippen molar-refractivity contribution in [2.75, 3.05) is 0 Å². The van der Waals surface area contributed by atoms with Crippen LogP contribution in [0.3, 0.4) is 0 Å². The summed E-state index contributed by atoms with van der Waals surface area (Å²) in [7, 11) is 0. The number of hydrogen-bond donors (Lipinski definition) is 1. The fourth-order valence-corrected chi connectivity index (χ4v) is 0.897. The number of nitrogens with one attached hydrogen (secondary N) is 1. The first-order valence-corrected chi connectivity index (χ1v) is 3.56. The zero-order chi connectivity index (χ0) is 7.61. The number of hydrogen-bond acceptors (Lipinski definition) is 1. The molecule has 1 heterocycles. The lowest BCUT2D eigenvalue weighted by Crippen LogP contribution is -2.10. The Labute approximate surface area is 61.7 Å². The molecule has 1 rings (SSSR count). The Hall–Kier alpha value is -0.790. The molecule has 1 aromatic heterocycles. The Kier molecular flexibility index (Phi) is 1.79. The zero-order valence-corrected chi connectivity index (χ0v) is 6.81. The molecule has 2 nitrogen and oxygen atoms in total. The van der Waals surface area contributed by atoms with Crippen molar-refractivity contribution in [1.82, 2.24) is 9.97 Å². The molecule has 1 aromatic rings. The van der Waals surface area contributed by atoms with Gasteiger partial charge >= 0.3 is 0 Å². The molecule has 0 amide bonds. The van der Waals surface area contributed by atoms with Gasteiger partial charge in [0.15, 0.2) is 0 Å². The van der Waals surface area contributed by atoms with E-state index < -0.39 is 0 Å². The molecule has 56 valence electrons. The summed E-state index contributed by atoms with van der Waals surface area (Å²) in [5.74, 6) is 1.08. The highest BCUT2D eigenvalue weighted by Crippen LogP contribution is 2.17. The van der Waals surface area contributed by atoms with Crippen LogP contribution in [0.5, 0.6) is 0 Å². The van der Waals surface area contributed by atoms with Crippen molar-refractivity contribution < 1.29 is 0 Å². The third-order valence-electron chi connectivity index (χ3n) is 1.25. The first kappa shape index (κ1) is 7.32. The van der Waals surface area contributed by atoms with Crippen LogP contribution in [-0.4, -0.2) is 9.97 Å². The van der Waals surface area contributed by atoms with Crippen LogP contribution in [0.15, 0.2) is 12.4 Å². The summed E-state index contributed by atoms with van der Waals surface area (Å²) in [5, 5.41) is 0. The van der Waals surface area contributed by atoms with Crippen molar-refractivity contribution in [2.45, 2.75) is 27.2 Å². The highest BCUT2D eigenvalue weighted by Gasteiger charge is 2.11. The van der Waals surface area contributed by atoms with E-state index >= 15 is 0 Å². The van der Waals surface area contributed by atoms with Crippen LogP contribution in [0.2, 0.25) is 0 Å². The van der Waals surface area contributed by atoms with E-state index in [1.54, 1.807) is 6.20 Å². The van der Waals surface area contributed by atoms with Gasteiger partial charge in [0.05, 0.1) is 0 Å². The van der Waals surface area contributed by atoms with Gasteiger partial charge in [0.2, 0.25) is 0 Å². The van der Waals surface area contributed by atoms with Gasteiger partial charge in [-0.1, -0.05) is 20.8 Å². The number of aromatic nitrogens is 2. The van der Waals surface area contributed by atoms with Crippen molar-refractivity contribution in [3.63, 3.8) is 0 Å². The average Bonchev–Trinajstić information content (AvgIpc) is 2.12. The monoisotopic (exact) mass is 138 g/mol. The van der Waals surface area contributed by atoms with Crippen molar-refractivity contribution >= 4 is 0 Å². The zero-order valence-electron chi connectivity index (χ0n) is 6.81. The molecule has 0 spiro atoms. The second kappa shape index (κ2) is 2.45. The molecular weight excluding hydrogens is 124 g/mol. The molecular formula is C8H14N2. The van der Waals surface area contributed by atoms with Crippen LogP contribution in [0.1, 0.15) is 26.6 Å². The fraction of sp³-hybridized carbons (Fsp3) is 0.625. The Bertz CT molecular complexity index is 182. The maximum Gasteiger partial charge on any atom is 0.106 e. The van der Waals surface area contributed by atoms with Gasteiger partial charge in [-0.3, -0.25) is 0 Å². The van der Waals surface area contributed by atoms with Crippen LogP contribution in [0.25, 0.3) is 0 Å². The lowest BCUT2D eigenvalue weighted by atomic mass is 9.92. The first-order valence-electron chi connectivity index (χ1n) is 3.56. The summed E-state index contributed by atoms with van der Waals surface area (Å²) >= 11 is 0. The molecule has 0 aliphatic carbocycles. The summed E-state index contributed by atoms with van der Waals surface area (Å²) in [6, 6.07) is 0. The number of rotatable bonds is 1. The van der Waals surface area contributed by atoms with Crippen molar-refractivity contribution in [3.05, 3.63) is 18.2 Å². The largest absolute Gasteiger partial charge is 0.349 e. The van der Waals surface area contributed by atoms with Crippen LogP contribution in [0, 0.1) is 5.41 Å². The van der Waals surface area contributed by atoms with E-state index in [1.807, 2.05) is 6.20 Å². The maximum absolute atomic E-state index is 4.15. The highest BCUT2D eigenvalue weighted by atomic mass is 14.9. The fourth-order valence-electron chi connectivity index (χ4n) is 0.897. The van der Waals surface area contributed by atoms with E-state index in [2.05, 4.69) is 30.7 Å². The Balaban J connectivity index is 2.57. The minimum atomic E-state index is 0.331. The van der Waals surface area contributed by atoms with Gasteiger partial charge in [-0.05, 0) is 5.41 Å². The summed E-state index contributed by atoms with van der Waals surface area (Å²) in [6.45, 7) is 6.61. The second-order valence-corrected chi connectivity index (χ2v) is 3.77. The van der Waals surface area contributed by atoms with E-state index in [-0.39, 0.29) is 0 Å². The summed E-state index contributed by atoms with van der Waals surface area (Å²) in [5.41, 5.74) is 0.331. The van der Waals surface area contributed by atoms with Crippen LogP contribution >= 0.6 is 0 Å². The smallest absolute Gasteiger partial charge is 0.106 e. The third kappa shape index (κ3) is 2.21. The van der Waals surface area contributed by atoms with Crippen LogP contribution < -0.4 is 0 Å². The number of imidazole rings is 1. The molecule has 0 aliphatic heterocycles. The van der Waals surface area contributed by atoms with Gasteiger partial charge < -0.3 is 4.98 Å². The van der Waals surface area contributed by atoms with Gasteiger partial charge in [0.25, 0.3) is 0 Å². The SMILES string of the molecule is CC(C)(C)Cc1ncc[nH]1. The first-order chi connectivity index (χ1) is 4.58. The molecule has 0 bridgehead atoms. The lowest BCUT2D eigenvalue weighted by Gasteiger charge is -2.15. The second-order valence-electron chi connectivity index (χ2n) is 3.77. The Morgan fingerprint density at radius 1 is 1.50 bits per heavy atom. The number of nitrogens with zero attached hydrogens (tertiary/aromatic N) is 1. The standard InChI is InChI=1S/C8H14N2/c1-8(2,3)6-7-9-4-5-10-7/h4-5H,6H2,1-3H3,(H,9,10). The normalized spacial score (nSPS) is 11.9. The van der Waals surface area contributed by atoms with E-state index in [4.69, 9.17) is 0 Å². The minimum Gasteiger partial charge on any atom is -0.349 e. The van der Waals surface area contributed by atoms with Crippen molar-refractivity contribution in [2.24, 2.45) is 5.41 Å². The van der Waals surface area contributed by atoms with Gasteiger partial charge in [0, 0.05) is 18.8 Å². The molecule has 0 atom stereocenters. The quantitative estimate of drug-likeness (QED) is 0.631. The molecule has 1 N–H and O–H groups in total. The molecule has 0 saturated carbocycles. The van der Waals surface area contributed by atoms with E-state index in [0.29, 0.717) is 5.41 Å². The maximum atomic E-state index is 4.15. The minimum absolute atomic E-state index is 0.331. The van der Waals surface area contributed by atoms with Crippen LogP contribution in [-0.2, 0) is 6.42 Å². The molecule has 0 saturated heterocycles. The molecule has 0 aliphatic rings. The van der Waals surface area contributed by atoms with Crippen molar-refractivity contribution in [1.29, 1.82) is 0 Å². The van der Waals surface area contributed by atoms with Gasteiger partial charge in [0.1, 0.15) is 5.82 Å². The lowest BCUT2D eigenvalue weighted by molar-refractivity contribution is 0.402. The number of H-pyrrole nitrogens is 1. The molecule has 0 radical (unpaired) electrons. The van der Waals surface area contributed by atoms with E-state index in [0.717, 1.165) is 12.2 Å². The summed E-state index contributed by atoms with van der Waals surface area (Å²) < 4.78 is 0. The third-order valence-corrected chi connectivity index (χ3v) is 1.25. The molecule has 0 unspecified atom stereocenters. The predicted molar refractivity (Wildman–Crippen MR) is 41.7 cm³/mol. The van der Waals surface area contributed by atoms with E-state index in [1.165, 1.54) is 0 Å². The Morgan fingerprint density at radius 2 is 2.20 bits per heavy atom. The van der Waals surface area contributed by atoms with E-state index in [9.17, 15) is 0 Å². The average molecular weight is 138 g/mol.